The van der Waals surface area contributed by atoms with E-state index in [-0.39, 0.29) is 31.5 Å². The molecular formula is C32H34N4O6. The molecule has 0 spiro atoms. The van der Waals surface area contributed by atoms with Crippen LogP contribution in [0, 0.1) is 12.8 Å². The summed E-state index contributed by atoms with van der Waals surface area (Å²) >= 11 is 0. The van der Waals surface area contributed by atoms with Crippen molar-refractivity contribution in [3.05, 3.63) is 94.6 Å². The fraction of sp³-hybridized carbons (Fsp3) is 0.281. The molecule has 4 rings (SSSR count). The third-order valence-electron chi connectivity index (χ3n) is 6.98. The zero-order chi connectivity index (χ0) is 30.1. The number of aromatic nitrogens is 1. The van der Waals surface area contributed by atoms with E-state index in [1.54, 1.807) is 37.4 Å². The quantitative estimate of drug-likeness (QED) is 0.222. The smallest absolute Gasteiger partial charge is 0.336 e. The Labute approximate surface area is 243 Å². The van der Waals surface area contributed by atoms with Gasteiger partial charge in [-0.2, -0.15) is 0 Å². The molecule has 0 radical (unpaired) electrons. The van der Waals surface area contributed by atoms with Crippen LogP contribution in [0.15, 0.2) is 82.1 Å². The highest BCUT2D eigenvalue weighted by Crippen LogP contribution is 2.33. The maximum absolute atomic E-state index is 12.8. The predicted octanol–water partition coefficient (Wildman–Crippen LogP) is 3.51. The summed E-state index contributed by atoms with van der Waals surface area (Å²) in [6.07, 6.45) is 2.31. The number of aryl methyl sites for hydroxylation is 1. The van der Waals surface area contributed by atoms with Gasteiger partial charge in [0, 0.05) is 23.2 Å². The number of carbonyl (C=O) groups excluding carboxylic acids is 3. The number of hydrogen-bond donors (Lipinski definition) is 3. The number of carbonyl (C=O) groups is 3. The molecular weight excluding hydrogens is 536 g/mol. The molecule has 4 aromatic rings. The molecule has 2 heterocycles. The fourth-order valence-corrected chi connectivity index (χ4v) is 4.45. The van der Waals surface area contributed by atoms with E-state index in [9.17, 15) is 19.2 Å². The van der Waals surface area contributed by atoms with Gasteiger partial charge in [0.2, 0.25) is 11.8 Å². The van der Waals surface area contributed by atoms with E-state index in [2.05, 4.69) is 20.9 Å². The molecule has 218 valence electrons. The second-order valence-corrected chi connectivity index (χ2v) is 9.95. The predicted molar refractivity (Wildman–Crippen MR) is 159 cm³/mol. The van der Waals surface area contributed by atoms with Crippen molar-refractivity contribution >= 4 is 28.7 Å². The first-order valence-electron chi connectivity index (χ1n) is 13.8. The molecule has 0 saturated heterocycles. The zero-order valence-electron chi connectivity index (χ0n) is 23.8. The van der Waals surface area contributed by atoms with Gasteiger partial charge in [-0.25, -0.2) is 4.79 Å². The van der Waals surface area contributed by atoms with E-state index in [1.807, 2.05) is 50.2 Å². The summed E-state index contributed by atoms with van der Waals surface area (Å²) in [6, 6.07) is 19.1. The molecule has 0 aliphatic rings. The van der Waals surface area contributed by atoms with Crippen molar-refractivity contribution in [2.45, 2.75) is 39.8 Å². The Morgan fingerprint density at radius 2 is 1.74 bits per heavy atom. The van der Waals surface area contributed by atoms with Gasteiger partial charge in [-0.1, -0.05) is 56.7 Å². The highest BCUT2D eigenvalue weighted by molar-refractivity contribution is 5.95. The molecule has 10 nitrogen and oxygen atoms in total. The number of hydrogen-bond acceptors (Lipinski definition) is 7. The second kappa shape index (κ2) is 14.1. The average molecular weight is 571 g/mol. The lowest BCUT2D eigenvalue weighted by Gasteiger charge is -2.23. The SMILES string of the molecule is CC[C@H](C)[C@H](NC(=O)CNC(=O)COc1ccc2c(-c3ccccc3)cc(=O)oc2c1C)C(=O)NCc1ccccn1. The minimum atomic E-state index is -0.768. The zero-order valence-corrected chi connectivity index (χ0v) is 23.8. The number of amides is 3. The Hall–Kier alpha value is -4.99. The maximum atomic E-state index is 12.8. The van der Waals surface area contributed by atoms with Crippen LogP contribution in [0.5, 0.6) is 5.75 Å². The third-order valence-corrected chi connectivity index (χ3v) is 6.98. The van der Waals surface area contributed by atoms with Gasteiger partial charge in [-0.15, -0.1) is 0 Å². The lowest BCUT2D eigenvalue weighted by molar-refractivity contribution is -0.131. The largest absolute Gasteiger partial charge is 0.483 e. The maximum Gasteiger partial charge on any atom is 0.336 e. The molecule has 3 N–H and O–H groups in total. The van der Waals surface area contributed by atoms with Gasteiger partial charge in [0.05, 0.1) is 18.8 Å². The van der Waals surface area contributed by atoms with E-state index in [4.69, 9.17) is 9.15 Å². The van der Waals surface area contributed by atoms with Gasteiger partial charge >= 0.3 is 5.63 Å². The first-order chi connectivity index (χ1) is 20.3. The van der Waals surface area contributed by atoms with Crippen molar-refractivity contribution in [3.63, 3.8) is 0 Å². The number of benzene rings is 2. The van der Waals surface area contributed by atoms with Gasteiger partial charge in [-0.3, -0.25) is 19.4 Å². The van der Waals surface area contributed by atoms with Gasteiger partial charge < -0.3 is 25.1 Å². The molecule has 2 atom stereocenters. The van der Waals surface area contributed by atoms with Crippen LogP contribution in [0.4, 0.5) is 0 Å². The van der Waals surface area contributed by atoms with Gasteiger partial charge in [-0.05, 0) is 48.2 Å². The first-order valence-corrected chi connectivity index (χ1v) is 13.8. The molecule has 2 aromatic carbocycles. The summed E-state index contributed by atoms with van der Waals surface area (Å²) < 4.78 is 11.2. The number of fused-ring (bicyclic) bond motifs is 1. The highest BCUT2D eigenvalue weighted by atomic mass is 16.5. The third kappa shape index (κ3) is 7.60. The van der Waals surface area contributed by atoms with E-state index in [0.717, 1.165) is 16.5 Å². The van der Waals surface area contributed by atoms with Crippen molar-refractivity contribution in [1.82, 2.24) is 20.9 Å². The first kappa shape index (κ1) is 30.0. The van der Waals surface area contributed by atoms with Crippen molar-refractivity contribution in [3.8, 4) is 16.9 Å². The Morgan fingerprint density at radius 3 is 2.45 bits per heavy atom. The molecule has 0 bridgehead atoms. The number of nitrogens with zero attached hydrogens (tertiary/aromatic N) is 1. The molecule has 0 aliphatic heterocycles. The molecule has 0 unspecified atom stereocenters. The van der Waals surface area contributed by atoms with Crippen LogP contribution >= 0.6 is 0 Å². The second-order valence-electron chi connectivity index (χ2n) is 9.95. The van der Waals surface area contributed by atoms with Crippen LogP contribution in [-0.2, 0) is 20.9 Å². The molecule has 0 fully saturated rings. The summed E-state index contributed by atoms with van der Waals surface area (Å²) in [7, 11) is 0. The minimum absolute atomic E-state index is 0.130. The monoisotopic (exact) mass is 570 g/mol. The molecule has 42 heavy (non-hydrogen) atoms. The molecule has 2 aromatic heterocycles. The minimum Gasteiger partial charge on any atom is -0.483 e. The van der Waals surface area contributed by atoms with E-state index < -0.39 is 23.5 Å². The van der Waals surface area contributed by atoms with Crippen LogP contribution in [0.2, 0.25) is 0 Å². The van der Waals surface area contributed by atoms with Crippen LogP contribution < -0.4 is 26.3 Å². The van der Waals surface area contributed by atoms with E-state index >= 15 is 0 Å². The van der Waals surface area contributed by atoms with E-state index in [1.165, 1.54) is 6.07 Å². The summed E-state index contributed by atoms with van der Waals surface area (Å²) in [4.78, 5) is 54.4. The number of nitrogens with one attached hydrogen (secondary N) is 3. The molecule has 3 amide bonds. The summed E-state index contributed by atoms with van der Waals surface area (Å²) in [5, 5.41) is 8.78. The number of pyridine rings is 1. The highest BCUT2D eigenvalue weighted by Gasteiger charge is 2.26. The van der Waals surface area contributed by atoms with Gasteiger partial charge in [0.1, 0.15) is 17.4 Å². The Morgan fingerprint density at radius 1 is 0.976 bits per heavy atom. The summed E-state index contributed by atoms with van der Waals surface area (Å²) in [6.45, 7) is 5.10. The number of rotatable bonds is 12. The lowest BCUT2D eigenvalue weighted by atomic mass is 9.98. The average Bonchev–Trinajstić information content (AvgIpc) is 3.01. The Kier molecular flexibility index (Phi) is 10.0. The molecule has 10 heteroatoms. The van der Waals surface area contributed by atoms with E-state index in [0.29, 0.717) is 29.0 Å². The molecule has 0 aliphatic carbocycles. The van der Waals surface area contributed by atoms with Crippen LogP contribution in [0.25, 0.3) is 22.1 Å². The number of ether oxygens (including phenoxy) is 1. The van der Waals surface area contributed by atoms with Crippen molar-refractivity contribution in [1.29, 1.82) is 0 Å². The fourth-order valence-electron chi connectivity index (χ4n) is 4.45. The Balaban J connectivity index is 1.33. The summed E-state index contributed by atoms with van der Waals surface area (Å²) in [5.41, 5.74) is 2.76. The summed E-state index contributed by atoms with van der Waals surface area (Å²) in [5.74, 6) is -1.11. The lowest BCUT2D eigenvalue weighted by Crippen LogP contribution is -2.52. The topological polar surface area (TPSA) is 140 Å². The normalized spacial score (nSPS) is 12.3. The van der Waals surface area contributed by atoms with Gasteiger partial charge in [0.15, 0.2) is 6.61 Å². The molecule has 0 saturated carbocycles. The van der Waals surface area contributed by atoms with Crippen molar-refractivity contribution in [2.24, 2.45) is 5.92 Å². The van der Waals surface area contributed by atoms with Crippen molar-refractivity contribution in [2.75, 3.05) is 13.2 Å². The van der Waals surface area contributed by atoms with Crippen LogP contribution in [0.3, 0.4) is 0 Å². The standard InChI is InChI=1S/C32H34N4O6/c1-4-20(2)30(32(40)35-17-23-12-8-9-15-33-23)36-27(37)18-34-28(38)19-41-26-14-13-24-25(22-10-6-5-7-11-22)16-29(39)42-31(24)21(26)3/h5-16,20,30H,4,17-19H2,1-3H3,(H,34,38)(H,35,40)(H,36,37)/t20-,30-/m0/s1. The Bertz CT molecular complexity index is 1600. The van der Waals surface area contributed by atoms with Crippen LogP contribution in [0.1, 0.15) is 31.5 Å². The van der Waals surface area contributed by atoms with Crippen LogP contribution in [-0.4, -0.2) is 41.9 Å². The van der Waals surface area contributed by atoms with Gasteiger partial charge in [0.25, 0.3) is 5.91 Å². The van der Waals surface area contributed by atoms with Crippen molar-refractivity contribution < 1.29 is 23.5 Å².